The Kier molecular flexibility index (Phi) is 4.04. The highest BCUT2D eigenvalue weighted by Crippen LogP contribution is 2.32. The molecule has 0 fully saturated rings. The lowest BCUT2D eigenvalue weighted by molar-refractivity contribution is -0.153. The number of halogens is 4. The molecule has 0 radical (unpaired) electrons. The quantitative estimate of drug-likeness (QED) is 0.897. The minimum Gasteiger partial charge on any atom is -0.483 e. The van der Waals surface area contributed by atoms with E-state index >= 15 is 0 Å². The number of alkyl halides is 3. The van der Waals surface area contributed by atoms with Gasteiger partial charge in [0.25, 0.3) is 0 Å². The van der Waals surface area contributed by atoms with Crippen LogP contribution in [0.5, 0.6) is 5.75 Å². The molecule has 1 rings (SSSR count). The molecule has 0 saturated heterocycles. The fourth-order valence-corrected chi connectivity index (χ4v) is 1.50. The molecule has 0 amide bonds. The van der Waals surface area contributed by atoms with Crippen molar-refractivity contribution in [3.63, 3.8) is 0 Å². The zero-order valence-electron chi connectivity index (χ0n) is 8.51. The highest BCUT2D eigenvalue weighted by Gasteiger charge is 2.29. The highest BCUT2D eigenvalue weighted by atomic mass is 35.5. The number of ether oxygens (including phenoxy) is 1. The molecular formula is C10H11ClF3NO. The first-order valence-corrected chi connectivity index (χ1v) is 4.92. The summed E-state index contributed by atoms with van der Waals surface area (Å²) < 4.78 is 40.4. The summed E-state index contributed by atoms with van der Waals surface area (Å²) in [5.41, 5.74) is 6.16. The van der Waals surface area contributed by atoms with E-state index in [0.717, 1.165) is 0 Å². The zero-order chi connectivity index (χ0) is 12.3. The second-order valence-corrected chi connectivity index (χ2v) is 3.73. The first-order valence-electron chi connectivity index (χ1n) is 4.55. The molecule has 1 aromatic carbocycles. The van der Waals surface area contributed by atoms with Gasteiger partial charge in [-0.2, -0.15) is 13.2 Å². The Balaban J connectivity index is 2.85. The highest BCUT2D eigenvalue weighted by molar-refractivity contribution is 6.32. The summed E-state index contributed by atoms with van der Waals surface area (Å²) >= 11 is 5.86. The van der Waals surface area contributed by atoms with Gasteiger partial charge in [-0.3, -0.25) is 0 Å². The van der Waals surface area contributed by atoms with Crippen molar-refractivity contribution in [3.8, 4) is 5.75 Å². The Labute approximate surface area is 96.1 Å². The average molecular weight is 254 g/mol. The van der Waals surface area contributed by atoms with Gasteiger partial charge in [0.15, 0.2) is 6.61 Å². The zero-order valence-corrected chi connectivity index (χ0v) is 9.27. The molecule has 2 nitrogen and oxygen atoms in total. The van der Waals surface area contributed by atoms with E-state index in [-0.39, 0.29) is 16.8 Å². The molecule has 0 saturated carbocycles. The molecule has 1 unspecified atom stereocenters. The van der Waals surface area contributed by atoms with Crippen molar-refractivity contribution in [2.45, 2.75) is 19.1 Å². The normalized spacial score (nSPS) is 13.6. The Bertz CT molecular complexity index is 366. The van der Waals surface area contributed by atoms with Crippen molar-refractivity contribution in [1.82, 2.24) is 0 Å². The Morgan fingerprint density at radius 2 is 2.06 bits per heavy atom. The maximum Gasteiger partial charge on any atom is 0.422 e. The topological polar surface area (TPSA) is 35.2 Å². The first kappa shape index (κ1) is 13.1. The Hall–Kier alpha value is -0.940. The van der Waals surface area contributed by atoms with Crippen LogP contribution in [0, 0.1) is 0 Å². The molecule has 1 aromatic rings. The van der Waals surface area contributed by atoms with E-state index in [1.165, 1.54) is 6.07 Å². The van der Waals surface area contributed by atoms with E-state index in [1.807, 2.05) is 0 Å². The maximum absolute atomic E-state index is 11.9. The van der Waals surface area contributed by atoms with Crippen LogP contribution in [0.3, 0.4) is 0 Å². The van der Waals surface area contributed by atoms with Gasteiger partial charge >= 0.3 is 6.18 Å². The van der Waals surface area contributed by atoms with Crippen molar-refractivity contribution in [3.05, 3.63) is 28.8 Å². The molecule has 0 aliphatic carbocycles. The lowest BCUT2D eigenvalue weighted by Gasteiger charge is -2.14. The molecular weight excluding hydrogens is 243 g/mol. The molecule has 16 heavy (non-hydrogen) atoms. The Morgan fingerprint density at radius 1 is 1.44 bits per heavy atom. The van der Waals surface area contributed by atoms with Crippen LogP contribution >= 0.6 is 11.6 Å². The van der Waals surface area contributed by atoms with Crippen molar-refractivity contribution >= 4 is 11.6 Å². The lowest BCUT2D eigenvalue weighted by atomic mass is 10.1. The van der Waals surface area contributed by atoms with Gasteiger partial charge in [-0.15, -0.1) is 0 Å². The van der Waals surface area contributed by atoms with Gasteiger partial charge in [0, 0.05) is 6.04 Å². The second-order valence-electron chi connectivity index (χ2n) is 3.35. The molecule has 1 atom stereocenters. The second kappa shape index (κ2) is 4.93. The van der Waals surface area contributed by atoms with E-state index in [1.54, 1.807) is 19.1 Å². The maximum atomic E-state index is 11.9. The van der Waals surface area contributed by atoms with Gasteiger partial charge in [0.2, 0.25) is 0 Å². The minimum absolute atomic E-state index is 0.00575. The third kappa shape index (κ3) is 3.57. The Morgan fingerprint density at radius 3 is 2.56 bits per heavy atom. The van der Waals surface area contributed by atoms with E-state index in [0.29, 0.717) is 5.56 Å². The van der Waals surface area contributed by atoms with Gasteiger partial charge in [-0.05, 0) is 18.6 Å². The van der Waals surface area contributed by atoms with Crippen molar-refractivity contribution in [1.29, 1.82) is 0 Å². The fourth-order valence-electron chi connectivity index (χ4n) is 1.15. The number of hydrogen-bond acceptors (Lipinski definition) is 2. The molecule has 0 bridgehead atoms. The number of benzene rings is 1. The van der Waals surface area contributed by atoms with Crippen LogP contribution in [0.1, 0.15) is 18.5 Å². The summed E-state index contributed by atoms with van der Waals surface area (Å²) in [6.45, 7) is 0.323. The molecule has 6 heteroatoms. The standard InChI is InChI=1S/C10H11ClF3NO/c1-6(15)7-3-2-4-8(9(7)11)16-5-10(12,13)14/h2-4,6H,5,15H2,1H3. The molecule has 0 spiro atoms. The third-order valence-electron chi connectivity index (χ3n) is 1.88. The van der Waals surface area contributed by atoms with Gasteiger partial charge < -0.3 is 10.5 Å². The molecule has 0 aliphatic rings. The van der Waals surface area contributed by atoms with Gasteiger partial charge in [-0.1, -0.05) is 23.7 Å². The number of rotatable bonds is 3. The lowest BCUT2D eigenvalue weighted by Crippen LogP contribution is -2.19. The minimum atomic E-state index is -4.38. The third-order valence-corrected chi connectivity index (χ3v) is 2.28. The van der Waals surface area contributed by atoms with Crippen LogP contribution in [-0.4, -0.2) is 12.8 Å². The van der Waals surface area contributed by atoms with Crippen LogP contribution in [-0.2, 0) is 0 Å². The van der Waals surface area contributed by atoms with E-state index in [4.69, 9.17) is 17.3 Å². The monoisotopic (exact) mass is 253 g/mol. The SMILES string of the molecule is CC(N)c1cccc(OCC(F)(F)F)c1Cl. The van der Waals surface area contributed by atoms with Crippen LogP contribution < -0.4 is 10.5 Å². The predicted molar refractivity (Wildman–Crippen MR) is 55.6 cm³/mol. The molecule has 0 heterocycles. The molecule has 90 valence electrons. The molecule has 0 aromatic heterocycles. The predicted octanol–water partition coefficient (Wildman–Crippen LogP) is 3.30. The smallest absolute Gasteiger partial charge is 0.422 e. The van der Waals surface area contributed by atoms with Crippen LogP contribution in [0.2, 0.25) is 5.02 Å². The van der Waals surface area contributed by atoms with E-state index < -0.39 is 12.8 Å². The number of hydrogen-bond donors (Lipinski definition) is 1. The van der Waals surface area contributed by atoms with Crippen molar-refractivity contribution < 1.29 is 17.9 Å². The van der Waals surface area contributed by atoms with Gasteiger partial charge in [0.1, 0.15) is 5.75 Å². The van der Waals surface area contributed by atoms with Gasteiger partial charge in [-0.25, -0.2) is 0 Å². The summed E-state index contributed by atoms with van der Waals surface area (Å²) in [6, 6.07) is 4.21. The van der Waals surface area contributed by atoms with Crippen LogP contribution in [0.4, 0.5) is 13.2 Å². The van der Waals surface area contributed by atoms with E-state index in [9.17, 15) is 13.2 Å². The van der Waals surface area contributed by atoms with Crippen LogP contribution in [0.15, 0.2) is 18.2 Å². The largest absolute Gasteiger partial charge is 0.483 e. The number of nitrogens with two attached hydrogens (primary N) is 1. The van der Waals surface area contributed by atoms with Crippen molar-refractivity contribution in [2.75, 3.05) is 6.61 Å². The summed E-state index contributed by atoms with van der Waals surface area (Å²) in [7, 11) is 0. The summed E-state index contributed by atoms with van der Waals surface area (Å²) in [4.78, 5) is 0. The molecule has 0 aliphatic heterocycles. The average Bonchev–Trinajstić information content (AvgIpc) is 2.14. The summed E-state index contributed by atoms with van der Waals surface area (Å²) in [6.07, 6.45) is -4.38. The van der Waals surface area contributed by atoms with Crippen molar-refractivity contribution in [2.24, 2.45) is 5.73 Å². The van der Waals surface area contributed by atoms with E-state index in [2.05, 4.69) is 4.74 Å². The first-order chi connectivity index (χ1) is 7.31. The van der Waals surface area contributed by atoms with Gasteiger partial charge in [0.05, 0.1) is 5.02 Å². The summed E-state index contributed by atoms with van der Waals surface area (Å²) in [5.74, 6) is -0.00575. The summed E-state index contributed by atoms with van der Waals surface area (Å²) in [5, 5.41) is 0.127. The molecule has 2 N–H and O–H groups in total. The fraction of sp³-hybridized carbons (Fsp3) is 0.400. The van der Waals surface area contributed by atoms with Crippen LogP contribution in [0.25, 0.3) is 0 Å².